The molecule has 0 aromatic heterocycles. The molecule has 0 aliphatic carbocycles. The number of hydrogen-bond acceptors (Lipinski definition) is 5. The maximum absolute atomic E-state index is 12.2. The number of carbonyl (C=O) groups excluding carboxylic acids is 3. The van der Waals surface area contributed by atoms with Crippen LogP contribution in [0.1, 0.15) is 32.3 Å². The van der Waals surface area contributed by atoms with Gasteiger partial charge in [0.05, 0.1) is 19.7 Å². The van der Waals surface area contributed by atoms with Crippen LogP contribution < -0.4 is 11.1 Å². The third-order valence-corrected chi connectivity index (χ3v) is 3.47. The number of carbonyl (C=O) groups is 3. The molecule has 7 nitrogen and oxygen atoms in total. The Morgan fingerprint density at radius 1 is 1.15 bits per heavy atom. The van der Waals surface area contributed by atoms with Crippen LogP contribution >= 0.6 is 0 Å². The van der Waals surface area contributed by atoms with E-state index in [1.165, 1.54) is 6.08 Å². The van der Waals surface area contributed by atoms with Gasteiger partial charge in [-0.3, -0.25) is 14.5 Å². The fraction of sp³-hybridized carbons (Fsp3) is 0.421. The molecule has 7 heteroatoms. The van der Waals surface area contributed by atoms with Crippen molar-refractivity contribution in [2.75, 3.05) is 31.6 Å². The Bertz CT molecular complexity index is 626. The number of nitrogens with one attached hydrogen (secondary N) is 1. The summed E-state index contributed by atoms with van der Waals surface area (Å²) in [4.78, 5) is 36.3. The molecule has 26 heavy (non-hydrogen) atoms. The minimum atomic E-state index is -0.452. The Kier molecular flexibility index (Phi) is 9.71. The van der Waals surface area contributed by atoms with Gasteiger partial charge in [0.15, 0.2) is 0 Å². The minimum absolute atomic E-state index is 0.0605. The Morgan fingerprint density at radius 3 is 2.42 bits per heavy atom. The first-order chi connectivity index (χ1) is 12.4. The lowest BCUT2D eigenvalue weighted by atomic mass is 10.2. The van der Waals surface area contributed by atoms with Gasteiger partial charge in [-0.2, -0.15) is 0 Å². The van der Waals surface area contributed by atoms with Crippen molar-refractivity contribution in [2.45, 2.75) is 26.7 Å². The lowest BCUT2D eigenvalue weighted by Gasteiger charge is -2.19. The van der Waals surface area contributed by atoms with Crippen LogP contribution in [0.25, 0.3) is 6.08 Å². The predicted octanol–water partition coefficient (Wildman–Crippen LogP) is 1.79. The molecule has 2 amide bonds. The van der Waals surface area contributed by atoms with Gasteiger partial charge in [0, 0.05) is 11.8 Å². The summed E-state index contributed by atoms with van der Waals surface area (Å²) in [7, 11) is 0. The minimum Gasteiger partial charge on any atom is -0.463 e. The van der Waals surface area contributed by atoms with Crippen molar-refractivity contribution < 1.29 is 19.1 Å². The van der Waals surface area contributed by atoms with Crippen molar-refractivity contribution in [3.63, 3.8) is 0 Å². The molecule has 0 fully saturated rings. The SMILES string of the molecule is CCCCN(CC(N)=O)CC(=O)Nc1ccc(/C=C/C(=O)OCC)cc1. The summed E-state index contributed by atoms with van der Waals surface area (Å²) in [6, 6.07) is 7.05. The highest BCUT2D eigenvalue weighted by atomic mass is 16.5. The molecular weight excluding hydrogens is 334 g/mol. The van der Waals surface area contributed by atoms with Gasteiger partial charge in [-0.05, 0) is 43.7 Å². The van der Waals surface area contributed by atoms with E-state index in [4.69, 9.17) is 10.5 Å². The van der Waals surface area contributed by atoms with Gasteiger partial charge >= 0.3 is 5.97 Å². The first-order valence-electron chi connectivity index (χ1n) is 8.70. The number of benzene rings is 1. The number of ether oxygens (including phenoxy) is 1. The molecule has 0 heterocycles. The smallest absolute Gasteiger partial charge is 0.330 e. The van der Waals surface area contributed by atoms with Gasteiger partial charge in [0.25, 0.3) is 0 Å². The fourth-order valence-electron chi connectivity index (χ4n) is 2.25. The zero-order valence-corrected chi connectivity index (χ0v) is 15.4. The lowest BCUT2D eigenvalue weighted by Crippen LogP contribution is -2.39. The van der Waals surface area contributed by atoms with Crippen molar-refractivity contribution in [1.82, 2.24) is 4.90 Å². The molecular formula is C19H27N3O4. The average molecular weight is 361 g/mol. The summed E-state index contributed by atoms with van der Waals surface area (Å²) in [5.74, 6) is -1.06. The fourth-order valence-corrected chi connectivity index (χ4v) is 2.25. The third-order valence-electron chi connectivity index (χ3n) is 3.47. The Balaban J connectivity index is 2.57. The number of hydrogen-bond donors (Lipinski definition) is 2. The van der Waals surface area contributed by atoms with Crippen LogP contribution in [-0.2, 0) is 19.1 Å². The molecule has 0 saturated carbocycles. The Labute approximate surface area is 154 Å². The van der Waals surface area contributed by atoms with Crippen LogP contribution in [0, 0.1) is 0 Å². The van der Waals surface area contributed by atoms with E-state index in [1.54, 1.807) is 42.2 Å². The Morgan fingerprint density at radius 2 is 1.85 bits per heavy atom. The Hall–Kier alpha value is -2.67. The van der Waals surface area contributed by atoms with Crippen LogP contribution in [-0.4, -0.2) is 48.9 Å². The van der Waals surface area contributed by atoms with Crippen LogP contribution in [0.15, 0.2) is 30.3 Å². The molecule has 0 atom stereocenters. The number of unbranched alkanes of at least 4 members (excludes halogenated alkanes) is 1. The highest BCUT2D eigenvalue weighted by Crippen LogP contribution is 2.11. The van der Waals surface area contributed by atoms with Gasteiger partial charge in [-0.25, -0.2) is 4.79 Å². The van der Waals surface area contributed by atoms with Crippen molar-refractivity contribution in [1.29, 1.82) is 0 Å². The number of nitrogens with two attached hydrogens (primary N) is 1. The second-order valence-corrected chi connectivity index (χ2v) is 5.79. The van der Waals surface area contributed by atoms with Crippen molar-refractivity contribution in [2.24, 2.45) is 5.73 Å². The van der Waals surface area contributed by atoms with Crippen LogP contribution in [0.3, 0.4) is 0 Å². The van der Waals surface area contributed by atoms with Crippen LogP contribution in [0.5, 0.6) is 0 Å². The van der Waals surface area contributed by atoms with Crippen molar-refractivity contribution in [3.8, 4) is 0 Å². The quantitative estimate of drug-likeness (QED) is 0.462. The third kappa shape index (κ3) is 8.98. The molecule has 1 aromatic carbocycles. The van der Waals surface area contributed by atoms with Crippen molar-refractivity contribution >= 4 is 29.5 Å². The maximum atomic E-state index is 12.2. The van der Waals surface area contributed by atoms with Crippen LogP contribution in [0.4, 0.5) is 5.69 Å². The van der Waals surface area contributed by atoms with E-state index in [-0.39, 0.29) is 19.0 Å². The van der Waals surface area contributed by atoms with Crippen LogP contribution in [0.2, 0.25) is 0 Å². The molecule has 0 bridgehead atoms. The summed E-state index contributed by atoms with van der Waals surface area (Å²) in [6.07, 6.45) is 4.86. The molecule has 142 valence electrons. The van der Waals surface area contributed by atoms with E-state index >= 15 is 0 Å². The molecule has 0 radical (unpaired) electrons. The zero-order valence-electron chi connectivity index (χ0n) is 15.4. The first kappa shape index (κ1) is 21.4. The summed E-state index contributed by atoms with van der Waals surface area (Å²) in [6.45, 7) is 4.93. The molecule has 0 aliphatic heterocycles. The number of amides is 2. The molecule has 0 spiro atoms. The number of esters is 1. The van der Waals surface area contributed by atoms with Gasteiger partial charge in [-0.15, -0.1) is 0 Å². The lowest BCUT2D eigenvalue weighted by molar-refractivity contribution is -0.137. The standard InChI is InChI=1S/C19H27N3O4/c1-3-5-12-22(13-17(20)23)14-18(24)21-16-9-6-15(7-10-16)8-11-19(25)26-4-2/h6-11H,3-5,12-14H2,1-2H3,(H2,20,23)(H,21,24)/b11-8+. The van der Waals surface area contributed by atoms with Gasteiger partial charge < -0.3 is 15.8 Å². The second-order valence-electron chi connectivity index (χ2n) is 5.79. The summed E-state index contributed by atoms with van der Waals surface area (Å²) in [5, 5.41) is 2.79. The molecule has 1 aromatic rings. The molecule has 0 saturated heterocycles. The first-order valence-corrected chi connectivity index (χ1v) is 8.70. The monoisotopic (exact) mass is 361 g/mol. The predicted molar refractivity (Wildman–Crippen MR) is 101 cm³/mol. The molecule has 3 N–H and O–H groups in total. The van der Waals surface area contributed by atoms with Gasteiger partial charge in [-0.1, -0.05) is 25.5 Å². The number of nitrogens with zero attached hydrogens (tertiary/aromatic N) is 1. The highest BCUT2D eigenvalue weighted by Gasteiger charge is 2.12. The second kappa shape index (κ2) is 11.8. The molecule has 0 unspecified atom stereocenters. The summed E-state index contributed by atoms with van der Waals surface area (Å²) in [5.41, 5.74) is 6.68. The van der Waals surface area contributed by atoms with Gasteiger partial charge in [0.1, 0.15) is 0 Å². The summed E-state index contributed by atoms with van der Waals surface area (Å²) >= 11 is 0. The topological polar surface area (TPSA) is 102 Å². The number of primary amides is 1. The summed E-state index contributed by atoms with van der Waals surface area (Å²) < 4.78 is 4.81. The number of anilines is 1. The molecule has 0 aliphatic rings. The average Bonchev–Trinajstić information content (AvgIpc) is 2.59. The van der Waals surface area contributed by atoms with E-state index < -0.39 is 11.9 Å². The normalized spacial score (nSPS) is 10.9. The van der Waals surface area contributed by atoms with E-state index in [1.807, 2.05) is 6.92 Å². The van der Waals surface area contributed by atoms with E-state index in [0.29, 0.717) is 18.8 Å². The zero-order chi connectivity index (χ0) is 19.4. The van der Waals surface area contributed by atoms with Gasteiger partial charge in [0.2, 0.25) is 11.8 Å². The highest BCUT2D eigenvalue weighted by molar-refractivity contribution is 5.93. The molecule has 1 rings (SSSR count). The largest absolute Gasteiger partial charge is 0.463 e. The van der Waals surface area contributed by atoms with E-state index in [2.05, 4.69) is 5.32 Å². The number of rotatable bonds is 11. The van der Waals surface area contributed by atoms with Crippen molar-refractivity contribution in [3.05, 3.63) is 35.9 Å². The van der Waals surface area contributed by atoms with E-state index in [0.717, 1.165) is 18.4 Å². The van der Waals surface area contributed by atoms with E-state index in [9.17, 15) is 14.4 Å². The maximum Gasteiger partial charge on any atom is 0.330 e.